The highest BCUT2D eigenvalue weighted by Crippen LogP contribution is 2.02. The molecule has 0 atom stereocenters. The van der Waals surface area contributed by atoms with Crippen molar-refractivity contribution in [1.82, 2.24) is 5.53 Å². The molecule has 0 fully saturated rings. The lowest BCUT2D eigenvalue weighted by Crippen LogP contribution is -2.22. The Hall–Kier alpha value is -1.55. The summed E-state index contributed by atoms with van der Waals surface area (Å²) in [6.45, 7) is 9.99. The van der Waals surface area contributed by atoms with Gasteiger partial charge in [-0.3, -0.25) is 0 Å². The number of hydrazine groups is 1. The summed E-state index contributed by atoms with van der Waals surface area (Å²) in [6, 6.07) is 7.73. The number of nitrogens with zero attached hydrogens (tertiary/aromatic N) is 1. The summed E-state index contributed by atoms with van der Waals surface area (Å²) in [6.07, 6.45) is 0. The van der Waals surface area contributed by atoms with Crippen LogP contribution in [0, 0.1) is 6.92 Å². The van der Waals surface area contributed by atoms with Gasteiger partial charge in [0.15, 0.2) is 5.84 Å². The molecule has 0 aliphatic carbocycles. The summed E-state index contributed by atoms with van der Waals surface area (Å²) in [5, 5.41) is 3.66. The van der Waals surface area contributed by atoms with E-state index in [4.69, 9.17) is 11.6 Å². The summed E-state index contributed by atoms with van der Waals surface area (Å²) >= 11 is 0. The Morgan fingerprint density at radius 2 is 1.75 bits per heavy atom. The standard InChI is InChI=1S/C8H12N4.2C2H6/c1-6-3-2-4-7(5-6)8(9)11-12-10;2*1-2/h2-5,12H,10H2,1H3,(H2,9,11);2*1-2H3. The number of benzene rings is 1. The van der Waals surface area contributed by atoms with Crippen molar-refractivity contribution in [1.29, 1.82) is 0 Å². The number of nitrogens with one attached hydrogen (secondary N) is 1. The van der Waals surface area contributed by atoms with E-state index < -0.39 is 0 Å². The largest absolute Gasteiger partial charge is 0.382 e. The first-order valence-corrected chi connectivity index (χ1v) is 5.60. The highest BCUT2D eigenvalue weighted by molar-refractivity contribution is 5.97. The predicted octanol–water partition coefficient (Wildman–Crippen LogP) is 2.13. The van der Waals surface area contributed by atoms with Crippen molar-refractivity contribution < 1.29 is 0 Å². The van der Waals surface area contributed by atoms with Gasteiger partial charge >= 0.3 is 0 Å². The summed E-state index contributed by atoms with van der Waals surface area (Å²) in [5.41, 5.74) is 9.74. The van der Waals surface area contributed by atoms with Gasteiger partial charge in [0.25, 0.3) is 0 Å². The number of nitrogens with two attached hydrogens (primary N) is 2. The molecule has 4 heteroatoms. The highest BCUT2D eigenvalue weighted by Gasteiger charge is 1.96. The molecule has 1 aromatic rings. The summed E-state index contributed by atoms with van der Waals surface area (Å²) in [4.78, 5) is 0. The van der Waals surface area contributed by atoms with Gasteiger partial charge in [-0.05, 0) is 13.0 Å². The number of hydrazone groups is 1. The summed E-state index contributed by atoms with van der Waals surface area (Å²) < 4.78 is 0. The van der Waals surface area contributed by atoms with Crippen molar-refractivity contribution in [2.24, 2.45) is 16.7 Å². The number of rotatable bonds is 2. The fourth-order valence-corrected chi connectivity index (χ4v) is 0.938. The van der Waals surface area contributed by atoms with Gasteiger partial charge in [0, 0.05) is 5.56 Å². The van der Waals surface area contributed by atoms with Gasteiger partial charge in [-0.1, -0.05) is 51.5 Å². The second-order valence-corrected chi connectivity index (χ2v) is 2.50. The lowest BCUT2D eigenvalue weighted by atomic mass is 10.1. The van der Waals surface area contributed by atoms with Crippen LogP contribution in [0.5, 0.6) is 0 Å². The van der Waals surface area contributed by atoms with Crippen LogP contribution in [0.3, 0.4) is 0 Å². The smallest absolute Gasteiger partial charge is 0.152 e. The third-order valence-corrected chi connectivity index (χ3v) is 1.50. The minimum Gasteiger partial charge on any atom is -0.382 e. The van der Waals surface area contributed by atoms with E-state index in [1.165, 1.54) is 0 Å². The number of hydrogen-bond donors (Lipinski definition) is 3. The van der Waals surface area contributed by atoms with Gasteiger partial charge in [-0.15, -0.1) is 5.10 Å². The van der Waals surface area contributed by atoms with Crippen LogP contribution in [0.2, 0.25) is 0 Å². The second kappa shape index (κ2) is 11.5. The van der Waals surface area contributed by atoms with Gasteiger partial charge in [0.2, 0.25) is 0 Å². The Kier molecular flexibility index (Phi) is 12.1. The van der Waals surface area contributed by atoms with Crippen LogP contribution < -0.4 is 17.1 Å². The van der Waals surface area contributed by atoms with Crippen molar-refractivity contribution in [3.05, 3.63) is 35.4 Å². The Labute approximate surface area is 98.7 Å². The predicted molar refractivity (Wildman–Crippen MR) is 71.9 cm³/mol. The Balaban J connectivity index is 0. The van der Waals surface area contributed by atoms with E-state index in [0.717, 1.165) is 11.1 Å². The SMILES string of the molecule is CC.CC.Cc1cccc(/C(N)=N/NN)c1. The molecule has 0 aliphatic heterocycles. The first-order valence-electron chi connectivity index (χ1n) is 5.60. The highest BCUT2D eigenvalue weighted by atomic mass is 15.5. The van der Waals surface area contributed by atoms with Gasteiger partial charge < -0.3 is 5.73 Å². The molecule has 0 spiro atoms. The van der Waals surface area contributed by atoms with Crippen molar-refractivity contribution in [2.75, 3.05) is 0 Å². The first-order chi connectivity index (χ1) is 7.74. The minimum atomic E-state index is 0.390. The van der Waals surface area contributed by atoms with Crippen molar-refractivity contribution in [3.8, 4) is 0 Å². The van der Waals surface area contributed by atoms with Crippen molar-refractivity contribution >= 4 is 5.84 Å². The van der Waals surface area contributed by atoms with Crippen LogP contribution in [0.15, 0.2) is 29.4 Å². The lowest BCUT2D eigenvalue weighted by Gasteiger charge is -2.00. The molecule has 0 unspecified atom stereocenters. The molecule has 16 heavy (non-hydrogen) atoms. The molecule has 0 radical (unpaired) electrons. The fraction of sp³-hybridized carbons (Fsp3) is 0.417. The molecular weight excluding hydrogens is 200 g/mol. The third kappa shape index (κ3) is 6.84. The van der Waals surface area contributed by atoms with Gasteiger partial charge in [-0.25, -0.2) is 11.4 Å². The normalized spacial score (nSPS) is 9.25. The molecule has 0 saturated carbocycles. The van der Waals surface area contributed by atoms with E-state index in [1.54, 1.807) is 0 Å². The maximum absolute atomic E-state index is 5.58. The third-order valence-electron chi connectivity index (χ3n) is 1.50. The molecule has 0 heterocycles. The molecule has 1 aromatic carbocycles. The molecule has 0 bridgehead atoms. The molecule has 1 rings (SSSR count). The lowest BCUT2D eigenvalue weighted by molar-refractivity contribution is 0.804. The Morgan fingerprint density at radius 1 is 1.19 bits per heavy atom. The van der Waals surface area contributed by atoms with Gasteiger partial charge in [-0.2, -0.15) is 0 Å². The second-order valence-electron chi connectivity index (χ2n) is 2.50. The molecule has 0 aliphatic rings. The van der Waals surface area contributed by atoms with Crippen molar-refractivity contribution in [3.63, 3.8) is 0 Å². The Bertz CT molecular complexity index is 295. The van der Waals surface area contributed by atoms with Crippen LogP contribution in [0.25, 0.3) is 0 Å². The topological polar surface area (TPSA) is 76.4 Å². The molecule has 0 saturated heterocycles. The van der Waals surface area contributed by atoms with Crippen LogP contribution in [-0.2, 0) is 0 Å². The van der Waals surface area contributed by atoms with Crippen LogP contribution in [-0.4, -0.2) is 5.84 Å². The number of hydrogen-bond acceptors (Lipinski definition) is 3. The van der Waals surface area contributed by atoms with E-state index in [2.05, 4.69) is 10.6 Å². The molecule has 0 amide bonds. The summed E-state index contributed by atoms with van der Waals surface area (Å²) in [5.74, 6) is 5.38. The maximum atomic E-state index is 5.58. The monoisotopic (exact) mass is 224 g/mol. The molecule has 0 aromatic heterocycles. The van der Waals surface area contributed by atoms with Crippen LogP contribution in [0.4, 0.5) is 0 Å². The van der Waals surface area contributed by atoms with Gasteiger partial charge in [0.05, 0.1) is 0 Å². The van der Waals surface area contributed by atoms with Gasteiger partial charge in [0.1, 0.15) is 0 Å². The zero-order valence-corrected chi connectivity index (χ0v) is 10.9. The minimum absolute atomic E-state index is 0.390. The summed E-state index contributed by atoms with van der Waals surface area (Å²) in [7, 11) is 0. The molecule has 92 valence electrons. The zero-order valence-electron chi connectivity index (χ0n) is 10.9. The molecule has 5 N–H and O–H groups in total. The average Bonchev–Trinajstić information content (AvgIpc) is 2.34. The van der Waals surface area contributed by atoms with Crippen molar-refractivity contribution in [2.45, 2.75) is 34.6 Å². The van der Waals surface area contributed by atoms with E-state index in [0.29, 0.717) is 5.84 Å². The average molecular weight is 224 g/mol. The maximum Gasteiger partial charge on any atom is 0.152 e. The van der Waals surface area contributed by atoms with E-state index in [9.17, 15) is 0 Å². The fourth-order valence-electron chi connectivity index (χ4n) is 0.938. The molecule has 4 nitrogen and oxygen atoms in total. The van der Waals surface area contributed by atoms with E-state index in [1.807, 2.05) is 58.9 Å². The van der Waals surface area contributed by atoms with E-state index in [-0.39, 0.29) is 0 Å². The first kappa shape index (κ1) is 16.9. The quantitative estimate of drug-likeness (QED) is 0.312. The van der Waals surface area contributed by atoms with Crippen LogP contribution in [0.1, 0.15) is 38.8 Å². The number of aryl methyl sites for hydroxylation is 1. The zero-order chi connectivity index (χ0) is 13.0. The van der Waals surface area contributed by atoms with E-state index >= 15 is 0 Å². The Morgan fingerprint density at radius 3 is 2.19 bits per heavy atom. The number of amidine groups is 1. The molecular formula is C12H24N4. The van der Waals surface area contributed by atoms with Crippen LogP contribution >= 0.6 is 0 Å².